The van der Waals surface area contributed by atoms with Crippen LogP contribution in [0, 0.1) is 0 Å². The monoisotopic (exact) mass is 253 g/mol. The number of carbonyl (C=O) groups is 1. The number of amides is 1. The molecule has 0 radical (unpaired) electrons. The maximum atomic E-state index is 11.1. The van der Waals surface area contributed by atoms with Crippen molar-refractivity contribution in [3.05, 3.63) is 0 Å². The van der Waals surface area contributed by atoms with Gasteiger partial charge in [-0.05, 0) is 46.2 Å². The van der Waals surface area contributed by atoms with Gasteiger partial charge in [0.05, 0.1) is 0 Å². The van der Waals surface area contributed by atoms with E-state index < -0.39 is 0 Å². The molecule has 2 fully saturated rings. The van der Waals surface area contributed by atoms with Crippen molar-refractivity contribution in [2.24, 2.45) is 0 Å². The molecule has 4 nitrogen and oxygen atoms in total. The normalized spacial score (nSPS) is 27.9. The zero-order chi connectivity index (χ0) is 13.1. The number of nitrogens with zero attached hydrogens (tertiary/aromatic N) is 2. The van der Waals surface area contributed by atoms with Crippen molar-refractivity contribution >= 4 is 5.91 Å². The first-order valence-corrected chi connectivity index (χ1v) is 7.31. The fraction of sp³-hybridized carbons (Fsp3) is 0.929. The summed E-state index contributed by atoms with van der Waals surface area (Å²) in [7, 11) is 0. The summed E-state index contributed by atoms with van der Waals surface area (Å²) in [4.78, 5) is 16.2. The van der Waals surface area contributed by atoms with Crippen molar-refractivity contribution in [1.82, 2.24) is 15.1 Å². The van der Waals surface area contributed by atoms with Gasteiger partial charge in [0, 0.05) is 38.1 Å². The highest BCUT2D eigenvalue weighted by Crippen LogP contribution is 2.22. The Morgan fingerprint density at radius 1 is 1.17 bits per heavy atom. The van der Waals surface area contributed by atoms with Crippen LogP contribution in [0.5, 0.6) is 0 Å². The molecule has 0 aromatic rings. The van der Waals surface area contributed by atoms with E-state index >= 15 is 0 Å². The number of rotatable bonds is 3. The second-order valence-electron chi connectivity index (χ2n) is 6.04. The quantitative estimate of drug-likeness (QED) is 0.817. The average Bonchev–Trinajstić information content (AvgIpc) is 2.76. The zero-order valence-electron chi connectivity index (χ0n) is 12.0. The molecular weight excluding hydrogens is 226 g/mol. The van der Waals surface area contributed by atoms with Crippen molar-refractivity contribution in [3.63, 3.8) is 0 Å². The van der Waals surface area contributed by atoms with Gasteiger partial charge in [0.25, 0.3) is 0 Å². The summed E-state index contributed by atoms with van der Waals surface area (Å²) in [5.74, 6) is 0.108. The van der Waals surface area contributed by atoms with E-state index in [1.165, 1.54) is 25.9 Å². The van der Waals surface area contributed by atoms with Crippen LogP contribution in [0.2, 0.25) is 0 Å². The predicted molar refractivity (Wildman–Crippen MR) is 73.5 cm³/mol. The molecule has 0 saturated carbocycles. The van der Waals surface area contributed by atoms with E-state index in [0.717, 1.165) is 25.6 Å². The third-order valence-electron chi connectivity index (χ3n) is 4.37. The summed E-state index contributed by atoms with van der Waals surface area (Å²) in [5, 5.41) is 3.05. The Kier molecular flexibility index (Phi) is 4.62. The fourth-order valence-electron chi connectivity index (χ4n) is 3.29. The summed E-state index contributed by atoms with van der Waals surface area (Å²) >= 11 is 0. The van der Waals surface area contributed by atoms with Gasteiger partial charge in [-0.3, -0.25) is 9.69 Å². The third kappa shape index (κ3) is 3.45. The van der Waals surface area contributed by atoms with Crippen molar-refractivity contribution < 1.29 is 4.79 Å². The first-order valence-electron chi connectivity index (χ1n) is 7.31. The van der Waals surface area contributed by atoms with E-state index in [2.05, 4.69) is 29.0 Å². The zero-order valence-corrected chi connectivity index (χ0v) is 12.0. The molecule has 2 saturated heterocycles. The number of nitrogens with one attached hydrogen (secondary N) is 1. The predicted octanol–water partition coefficient (Wildman–Crippen LogP) is 1.07. The summed E-state index contributed by atoms with van der Waals surface area (Å²) in [6.45, 7) is 10.8. The van der Waals surface area contributed by atoms with E-state index in [9.17, 15) is 4.79 Å². The van der Waals surface area contributed by atoms with Gasteiger partial charge < -0.3 is 10.2 Å². The highest BCUT2D eigenvalue weighted by molar-refractivity contribution is 5.73. The van der Waals surface area contributed by atoms with Crippen molar-refractivity contribution in [1.29, 1.82) is 0 Å². The number of likely N-dealkylation sites (tertiary alicyclic amines) is 2. The summed E-state index contributed by atoms with van der Waals surface area (Å²) in [6.07, 6.45) is 3.68. The average molecular weight is 253 g/mol. The Balaban J connectivity index is 1.76. The molecule has 1 amide bonds. The van der Waals surface area contributed by atoms with Crippen LogP contribution in [-0.2, 0) is 4.79 Å². The largest absolute Gasteiger partial charge is 0.352 e. The highest BCUT2D eigenvalue weighted by Gasteiger charge is 2.31. The standard InChI is InChI=1S/C14H27N3O/c1-11(2)16-8-5-14(6-9-16)17-7-4-13(10-17)15-12(3)18/h11,13-14H,4-10H2,1-3H3,(H,15,18). The van der Waals surface area contributed by atoms with Gasteiger partial charge in [0.2, 0.25) is 5.91 Å². The lowest BCUT2D eigenvalue weighted by atomic mass is 10.0. The van der Waals surface area contributed by atoms with Crippen LogP contribution in [0.25, 0.3) is 0 Å². The second kappa shape index (κ2) is 6.02. The molecule has 0 spiro atoms. The minimum Gasteiger partial charge on any atom is -0.352 e. The Bertz CT molecular complexity index is 285. The molecule has 4 heteroatoms. The smallest absolute Gasteiger partial charge is 0.217 e. The Morgan fingerprint density at radius 2 is 1.83 bits per heavy atom. The lowest BCUT2D eigenvalue weighted by Crippen LogP contribution is -2.47. The van der Waals surface area contributed by atoms with E-state index in [1.807, 2.05) is 0 Å². The van der Waals surface area contributed by atoms with Crippen molar-refractivity contribution in [3.8, 4) is 0 Å². The number of piperidine rings is 1. The van der Waals surface area contributed by atoms with E-state index in [-0.39, 0.29) is 5.91 Å². The Hall–Kier alpha value is -0.610. The molecule has 0 bridgehead atoms. The molecule has 2 aliphatic rings. The van der Waals surface area contributed by atoms with Crippen LogP contribution >= 0.6 is 0 Å². The first kappa shape index (κ1) is 13.8. The van der Waals surface area contributed by atoms with E-state index in [1.54, 1.807) is 6.92 Å². The third-order valence-corrected chi connectivity index (χ3v) is 4.37. The van der Waals surface area contributed by atoms with Gasteiger partial charge in [-0.2, -0.15) is 0 Å². The molecule has 104 valence electrons. The molecule has 2 rings (SSSR count). The molecule has 0 aromatic carbocycles. The van der Waals surface area contributed by atoms with Gasteiger partial charge in [-0.25, -0.2) is 0 Å². The highest BCUT2D eigenvalue weighted by atomic mass is 16.1. The van der Waals surface area contributed by atoms with Gasteiger partial charge in [0.1, 0.15) is 0 Å². The van der Waals surface area contributed by atoms with Gasteiger partial charge >= 0.3 is 0 Å². The van der Waals surface area contributed by atoms with Crippen LogP contribution in [0.4, 0.5) is 0 Å². The number of hydrogen-bond donors (Lipinski definition) is 1. The van der Waals surface area contributed by atoms with Gasteiger partial charge in [0.15, 0.2) is 0 Å². The van der Waals surface area contributed by atoms with Gasteiger partial charge in [-0.15, -0.1) is 0 Å². The lowest BCUT2D eigenvalue weighted by Gasteiger charge is -2.38. The number of carbonyl (C=O) groups excluding carboxylic acids is 1. The molecule has 1 unspecified atom stereocenters. The van der Waals surface area contributed by atoms with Gasteiger partial charge in [-0.1, -0.05) is 0 Å². The molecule has 2 heterocycles. The van der Waals surface area contributed by atoms with E-state index in [4.69, 9.17) is 0 Å². The van der Waals surface area contributed by atoms with Crippen LogP contribution in [0.15, 0.2) is 0 Å². The molecule has 1 atom stereocenters. The summed E-state index contributed by atoms with van der Waals surface area (Å²) < 4.78 is 0. The van der Waals surface area contributed by atoms with Crippen molar-refractivity contribution in [2.45, 2.75) is 58.2 Å². The summed E-state index contributed by atoms with van der Waals surface area (Å²) in [5.41, 5.74) is 0. The Morgan fingerprint density at radius 3 is 2.39 bits per heavy atom. The SMILES string of the molecule is CC(=O)NC1CCN(C2CCN(C(C)C)CC2)C1. The van der Waals surface area contributed by atoms with Crippen LogP contribution in [-0.4, -0.2) is 60.0 Å². The maximum absolute atomic E-state index is 11.1. The first-order chi connectivity index (χ1) is 8.56. The minimum atomic E-state index is 0.108. The van der Waals surface area contributed by atoms with Crippen LogP contribution in [0.1, 0.15) is 40.0 Å². The molecule has 1 N–H and O–H groups in total. The fourth-order valence-corrected chi connectivity index (χ4v) is 3.29. The molecular formula is C14H27N3O. The topological polar surface area (TPSA) is 35.6 Å². The van der Waals surface area contributed by atoms with Crippen LogP contribution in [0.3, 0.4) is 0 Å². The number of hydrogen-bond acceptors (Lipinski definition) is 3. The summed E-state index contributed by atoms with van der Waals surface area (Å²) in [6, 6.07) is 1.79. The minimum absolute atomic E-state index is 0.108. The van der Waals surface area contributed by atoms with Crippen LogP contribution < -0.4 is 5.32 Å². The molecule has 18 heavy (non-hydrogen) atoms. The molecule has 2 aliphatic heterocycles. The van der Waals surface area contributed by atoms with E-state index in [0.29, 0.717) is 12.1 Å². The Labute approximate surface area is 111 Å². The van der Waals surface area contributed by atoms with Crippen molar-refractivity contribution in [2.75, 3.05) is 26.2 Å². The maximum Gasteiger partial charge on any atom is 0.217 e. The molecule has 0 aromatic heterocycles. The molecule has 0 aliphatic carbocycles. The lowest BCUT2D eigenvalue weighted by molar-refractivity contribution is -0.119. The second-order valence-corrected chi connectivity index (χ2v) is 6.04.